The molecular weight excluding hydrogens is 379 g/mol. The van der Waals surface area contributed by atoms with Gasteiger partial charge in [-0.05, 0) is 70.1 Å². The normalized spacial score (nSPS) is 14.9. The maximum absolute atomic E-state index is 9.59. The molecule has 0 heterocycles. The van der Waals surface area contributed by atoms with Gasteiger partial charge in [0.25, 0.3) is 0 Å². The Morgan fingerprint density at radius 2 is 1.62 bits per heavy atom. The van der Waals surface area contributed by atoms with Crippen molar-refractivity contribution in [1.29, 1.82) is 0 Å². The maximum Gasteiger partial charge on any atom is 0.149 e. The number of aryl methyl sites for hydroxylation is 1. The third-order valence-electron chi connectivity index (χ3n) is 5.68. The van der Waals surface area contributed by atoms with Gasteiger partial charge in [-0.15, -0.1) is 0 Å². The number of benzene rings is 4. The smallest absolute Gasteiger partial charge is 0.149 e. The molecule has 150 valence electrons. The highest BCUT2D eigenvalue weighted by molar-refractivity contribution is 7.33. The first-order valence-electron chi connectivity index (χ1n) is 10.2. The van der Waals surface area contributed by atoms with Gasteiger partial charge < -0.3 is 14.7 Å². The van der Waals surface area contributed by atoms with E-state index in [0.717, 1.165) is 19.3 Å². The molecule has 3 nitrogen and oxygen atoms in total. The fourth-order valence-electron chi connectivity index (χ4n) is 4.21. The summed E-state index contributed by atoms with van der Waals surface area (Å²) in [7, 11) is -0.474. The Balaban J connectivity index is 1.50. The first-order valence-corrected chi connectivity index (χ1v) is 11.1. The molecule has 0 fully saturated rings. The largest absolute Gasteiger partial charge is 0.393 e. The summed E-state index contributed by atoms with van der Waals surface area (Å²) >= 11 is 0. The Kier molecular flexibility index (Phi) is 6.12. The second kappa shape index (κ2) is 8.77. The summed E-state index contributed by atoms with van der Waals surface area (Å²) < 4.78 is 5.81. The van der Waals surface area contributed by atoms with Gasteiger partial charge in [0.05, 0.1) is 15.4 Å². The Morgan fingerprint density at radius 1 is 0.931 bits per heavy atom. The number of aliphatic hydroxyl groups is 1. The predicted molar refractivity (Wildman–Crippen MR) is 124 cm³/mol. The van der Waals surface area contributed by atoms with Crippen LogP contribution in [0.2, 0.25) is 0 Å². The predicted octanol–water partition coefficient (Wildman–Crippen LogP) is 5.77. The molecule has 4 heteroatoms. The Morgan fingerprint density at radius 3 is 2.31 bits per heavy atom. The van der Waals surface area contributed by atoms with Crippen LogP contribution in [0.4, 0.5) is 0 Å². The van der Waals surface area contributed by atoms with Crippen LogP contribution in [0.3, 0.4) is 0 Å². The highest BCUT2D eigenvalue weighted by Gasteiger charge is 2.26. The minimum Gasteiger partial charge on any atom is -0.393 e. The second-order valence-electron chi connectivity index (χ2n) is 7.55. The SMILES string of the molecule is CC=CC(CO)(OCCCCc1ccc2ccc3cccc4ccc1c2c34)PO. The van der Waals surface area contributed by atoms with E-state index in [1.807, 2.05) is 13.0 Å². The van der Waals surface area contributed by atoms with E-state index >= 15 is 0 Å². The van der Waals surface area contributed by atoms with Gasteiger partial charge in [-0.2, -0.15) is 0 Å². The summed E-state index contributed by atoms with van der Waals surface area (Å²) in [6.07, 6.45) is 6.41. The molecule has 0 aliphatic rings. The van der Waals surface area contributed by atoms with Gasteiger partial charge in [0.1, 0.15) is 5.34 Å². The van der Waals surface area contributed by atoms with Gasteiger partial charge in [0, 0.05) is 6.61 Å². The van der Waals surface area contributed by atoms with Crippen LogP contribution < -0.4 is 0 Å². The van der Waals surface area contributed by atoms with Crippen molar-refractivity contribution in [2.24, 2.45) is 0 Å². The van der Waals surface area contributed by atoms with E-state index in [2.05, 4.69) is 54.6 Å². The van der Waals surface area contributed by atoms with E-state index in [1.165, 1.54) is 37.9 Å². The molecule has 4 aromatic carbocycles. The quantitative estimate of drug-likeness (QED) is 0.160. The molecule has 4 aromatic rings. The molecule has 0 saturated heterocycles. The maximum atomic E-state index is 9.59. The number of rotatable bonds is 9. The van der Waals surface area contributed by atoms with Crippen LogP contribution in [0.5, 0.6) is 0 Å². The molecule has 29 heavy (non-hydrogen) atoms. The molecule has 0 aromatic heterocycles. The molecule has 0 aliphatic carbocycles. The molecule has 0 bridgehead atoms. The number of hydrogen-bond acceptors (Lipinski definition) is 3. The summed E-state index contributed by atoms with van der Waals surface area (Å²) in [5, 5.41) is 16.6. The molecule has 0 amide bonds. The molecular formula is C25H27O3P. The summed E-state index contributed by atoms with van der Waals surface area (Å²) in [6, 6.07) is 19.9. The van der Waals surface area contributed by atoms with Crippen LogP contribution >= 0.6 is 8.81 Å². The van der Waals surface area contributed by atoms with Gasteiger partial charge in [-0.3, -0.25) is 0 Å². The minimum atomic E-state index is -0.943. The van der Waals surface area contributed by atoms with E-state index in [-0.39, 0.29) is 6.61 Å². The molecule has 0 radical (unpaired) electrons. The van der Waals surface area contributed by atoms with Crippen molar-refractivity contribution < 1.29 is 14.7 Å². The van der Waals surface area contributed by atoms with Crippen LogP contribution in [0.1, 0.15) is 25.3 Å². The van der Waals surface area contributed by atoms with Crippen LogP contribution in [0.15, 0.2) is 66.7 Å². The summed E-state index contributed by atoms with van der Waals surface area (Å²) in [4.78, 5) is 9.59. The van der Waals surface area contributed by atoms with E-state index in [9.17, 15) is 10.00 Å². The Labute approximate surface area is 173 Å². The van der Waals surface area contributed by atoms with Crippen molar-refractivity contribution in [1.82, 2.24) is 0 Å². The highest BCUT2D eigenvalue weighted by Crippen LogP contribution is 2.36. The minimum absolute atomic E-state index is 0.207. The van der Waals surface area contributed by atoms with Crippen molar-refractivity contribution in [3.63, 3.8) is 0 Å². The fourth-order valence-corrected chi connectivity index (χ4v) is 4.68. The molecule has 0 spiro atoms. The van der Waals surface area contributed by atoms with Crippen LogP contribution in [-0.2, 0) is 11.2 Å². The van der Waals surface area contributed by atoms with E-state index in [4.69, 9.17) is 4.74 Å². The van der Waals surface area contributed by atoms with E-state index in [1.54, 1.807) is 6.08 Å². The molecule has 0 saturated carbocycles. The zero-order valence-corrected chi connectivity index (χ0v) is 17.7. The van der Waals surface area contributed by atoms with Crippen molar-refractivity contribution in [2.75, 3.05) is 13.2 Å². The number of ether oxygens (including phenoxy) is 1. The molecule has 0 aliphatic heterocycles. The van der Waals surface area contributed by atoms with Crippen molar-refractivity contribution in [3.8, 4) is 0 Å². The van der Waals surface area contributed by atoms with Gasteiger partial charge >= 0.3 is 0 Å². The monoisotopic (exact) mass is 406 g/mol. The zero-order chi connectivity index (χ0) is 20.3. The van der Waals surface area contributed by atoms with E-state index < -0.39 is 14.1 Å². The summed E-state index contributed by atoms with van der Waals surface area (Å²) in [5.74, 6) is 0. The first kappa shape index (κ1) is 20.3. The molecule has 2 unspecified atom stereocenters. The lowest BCUT2D eigenvalue weighted by Gasteiger charge is -2.26. The van der Waals surface area contributed by atoms with Crippen LogP contribution in [-0.4, -0.2) is 28.6 Å². The zero-order valence-electron chi connectivity index (χ0n) is 16.7. The number of allylic oxidation sites excluding steroid dienone is 1. The summed E-state index contributed by atoms with van der Waals surface area (Å²) in [5.41, 5.74) is 1.36. The molecule has 2 atom stereocenters. The first-order chi connectivity index (χ1) is 14.2. The van der Waals surface area contributed by atoms with Gasteiger partial charge in [-0.25, -0.2) is 0 Å². The van der Waals surface area contributed by atoms with Crippen molar-refractivity contribution >= 4 is 41.1 Å². The van der Waals surface area contributed by atoms with Gasteiger partial charge in [0.15, 0.2) is 0 Å². The topological polar surface area (TPSA) is 49.7 Å². The number of unbranched alkanes of at least 4 members (excludes halogenated alkanes) is 1. The number of aliphatic hydroxyl groups excluding tert-OH is 1. The Bertz CT molecular complexity index is 1120. The average Bonchev–Trinajstić information content (AvgIpc) is 2.77. The van der Waals surface area contributed by atoms with E-state index in [0.29, 0.717) is 6.61 Å². The van der Waals surface area contributed by atoms with Crippen molar-refractivity contribution in [2.45, 2.75) is 31.5 Å². The van der Waals surface area contributed by atoms with Crippen LogP contribution in [0.25, 0.3) is 32.3 Å². The fraction of sp³-hybridized carbons (Fsp3) is 0.280. The molecule has 2 N–H and O–H groups in total. The lowest BCUT2D eigenvalue weighted by molar-refractivity contribution is 0.0100. The third kappa shape index (κ3) is 3.89. The lowest BCUT2D eigenvalue weighted by Crippen LogP contribution is -2.29. The van der Waals surface area contributed by atoms with Gasteiger partial charge in [0.2, 0.25) is 0 Å². The van der Waals surface area contributed by atoms with Crippen LogP contribution in [0, 0.1) is 0 Å². The third-order valence-corrected chi connectivity index (χ3v) is 6.53. The lowest BCUT2D eigenvalue weighted by atomic mass is 9.91. The van der Waals surface area contributed by atoms with Gasteiger partial charge in [-0.1, -0.05) is 60.7 Å². The van der Waals surface area contributed by atoms with Crippen molar-refractivity contribution in [3.05, 3.63) is 72.3 Å². The Hall–Kier alpha value is -2.03. The second-order valence-corrected chi connectivity index (χ2v) is 8.62. The highest BCUT2D eigenvalue weighted by atomic mass is 31.1. The average molecular weight is 406 g/mol. The summed E-state index contributed by atoms with van der Waals surface area (Å²) in [6.45, 7) is 2.17. The molecule has 4 rings (SSSR count). The standard InChI is InChI=1S/C25H27O3P/c1-2-15-25(17-26,29-27)28-16-4-3-6-18-9-10-21-12-11-19-7-5-8-20-13-14-22(18)24(21)23(19)20/h2,5,7-15,26-27,29H,3-4,6,16-17H2,1H3. The number of hydrogen-bond donors (Lipinski definition) is 2.